The Morgan fingerprint density at radius 1 is 1.38 bits per heavy atom. The van der Waals surface area contributed by atoms with Crippen LogP contribution in [-0.2, 0) is 0 Å². The second-order valence-corrected chi connectivity index (χ2v) is 4.37. The number of rotatable bonds is 3. The van der Waals surface area contributed by atoms with Crippen LogP contribution in [0.5, 0.6) is 5.75 Å². The van der Waals surface area contributed by atoms with E-state index in [1.165, 1.54) is 5.56 Å². The van der Waals surface area contributed by atoms with Crippen molar-refractivity contribution < 1.29 is 4.74 Å². The third-order valence-electron chi connectivity index (χ3n) is 1.49. The van der Waals surface area contributed by atoms with Crippen molar-refractivity contribution in [3.8, 4) is 5.75 Å². The Morgan fingerprint density at radius 3 is 2.38 bits per heavy atom. The van der Waals surface area contributed by atoms with Crippen molar-refractivity contribution in [2.24, 2.45) is 0 Å². The second-order valence-electron chi connectivity index (χ2n) is 2.66. The molecular formula is C10H10Br2O. The summed E-state index contributed by atoms with van der Waals surface area (Å²) >= 11 is 6.88. The fourth-order valence-corrected chi connectivity index (χ4v) is 2.61. The van der Waals surface area contributed by atoms with Gasteiger partial charge in [0.05, 0.1) is 8.95 Å². The molecule has 0 aromatic heterocycles. The van der Waals surface area contributed by atoms with Gasteiger partial charge in [0.1, 0.15) is 12.4 Å². The van der Waals surface area contributed by atoms with Gasteiger partial charge in [0, 0.05) is 0 Å². The minimum absolute atomic E-state index is 0.514. The van der Waals surface area contributed by atoms with E-state index in [9.17, 15) is 0 Å². The lowest BCUT2D eigenvalue weighted by Crippen LogP contribution is -1.95. The highest BCUT2D eigenvalue weighted by Gasteiger charge is 2.06. The maximum absolute atomic E-state index is 5.46. The molecule has 0 saturated heterocycles. The lowest BCUT2D eigenvalue weighted by atomic mass is 10.2. The van der Waals surface area contributed by atoms with Gasteiger partial charge >= 0.3 is 0 Å². The van der Waals surface area contributed by atoms with Crippen molar-refractivity contribution in [1.82, 2.24) is 0 Å². The van der Waals surface area contributed by atoms with Crippen LogP contribution in [0.4, 0.5) is 0 Å². The molecule has 0 N–H and O–H groups in total. The van der Waals surface area contributed by atoms with Crippen molar-refractivity contribution in [2.45, 2.75) is 6.92 Å². The molecule has 0 atom stereocenters. The summed E-state index contributed by atoms with van der Waals surface area (Å²) in [4.78, 5) is 0. The topological polar surface area (TPSA) is 9.23 Å². The molecule has 0 aliphatic carbocycles. The predicted octanol–water partition coefficient (Wildman–Crippen LogP) is 4.08. The third-order valence-corrected chi connectivity index (χ3v) is 2.67. The standard InChI is InChI=1S/C10H10Br2O/c1-3-4-13-10-8(11)5-7(2)6-9(10)12/h3,5-6H,1,4H2,2H3. The van der Waals surface area contributed by atoms with Crippen LogP contribution in [0.15, 0.2) is 33.7 Å². The summed E-state index contributed by atoms with van der Waals surface area (Å²) in [6.07, 6.45) is 1.72. The minimum Gasteiger partial charge on any atom is -0.487 e. The molecule has 1 aromatic carbocycles. The average molecular weight is 306 g/mol. The van der Waals surface area contributed by atoms with Gasteiger partial charge in [-0.3, -0.25) is 0 Å². The number of benzene rings is 1. The van der Waals surface area contributed by atoms with Gasteiger partial charge in [0.2, 0.25) is 0 Å². The summed E-state index contributed by atoms with van der Waals surface area (Å²) in [5.41, 5.74) is 1.18. The normalized spacial score (nSPS) is 9.77. The van der Waals surface area contributed by atoms with E-state index in [1.807, 2.05) is 19.1 Å². The van der Waals surface area contributed by atoms with Gasteiger partial charge in [-0.2, -0.15) is 0 Å². The number of ether oxygens (including phenoxy) is 1. The quantitative estimate of drug-likeness (QED) is 0.765. The highest BCUT2D eigenvalue weighted by atomic mass is 79.9. The summed E-state index contributed by atoms with van der Waals surface area (Å²) in [5.74, 6) is 0.825. The summed E-state index contributed by atoms with van der Waals surface area (Å²) in [6, 6.07) is 4.03. The summed E-state index contributed by atoms with van der Waals surface area (Å²) in [7, 11) is 0. The molecule has 0 fully saturated rings. The van der Waals surface area contributed by atoms with Gasteiger partial charge < -0.3 is 4.74 Å². The average Bonchev–Trinajstić information content (AvgIpc) is 2.02. The van der Waals surface area contributed by atoms with Crippen LogP contribution in [0.3, 0.4) is 0 Å². The van der Waals surface area contributed by atoms with Crippen molar-refractivity contribution >= 4 is 31.9 Å². The van der Waals surface area contributed by atoms with Crippen LogP contribution in [0, 0.1) is 6.92 Å². The monoisotopic (exact) mass is 304 g/mol. The number of aryl methyl sites for hydroxylation is 1. The minimum atomic E-state index is 0.514. The fraction of sp³-hybridized carbons (Fsp3) is 0.200. The molecule has 0 aliphatic rings. The van der Waals surface area contributed by atoms with Crippen LogP contribution in [-0.4, -0.2) is 6.61 Å². The first-order valence-electron chi connectivity index (χ1n) is 3.84. The molecule has 3 heteroatoms. The molecule has 70 valence electrons. The van der Waals surface area contributed by atoms with Gasteiger partial charge in [-0.05, 0) is 56.5 Å². The van der Waals surface area contributed by atoms with Gasteiger partial charge in [0.25, 0.3) is 0 Å². The molecular weight excluding hydrogens is 296 g/mol. The van der Waals surface area contributed by atoms with E-state index in [2.05, 4.69) is 38.4 Å². The molecule has 0 unspecified atom stereocenters. The van der Waals surface area contributed by atoms with Crippen LogP contribution < -0.4 is 4.74 Å². The maximum atomic E-state index is 5.46. The number of halogens is 2. The van der Waals surface area contributed by atoms with Crippen molar-refractivity contribution in [1.29, 1.82) is 0 Å². The van der Waals surface area contributed by atoms with Gasteiger partial charge in [-0.15, -0.1) is 0 Å². The van der Waals surface area contributed by atoms with E-state index in [-0.39, 0.29) is 0 Å². The molecule has 1 aromatic rings. The van der Waals surface area contributed by atoms with E-state index in [0.29, 0.717) is 6.61 Å². The van der Waals surface area contributed by atoms with Gasteiger partial charge in [0.15, 0.2) is 0 Å². The van der Waals surface area contributed by atoms with Crippen LogP contribution in [0.1, 0.15) is 5.56 Å². The molecule has 0 aliphatic heterocycles. The van der Waals surface area contributed by atoms with E-state index < -0.39 is 0 Å². The van der Waals surface area contributed by atoms with E-state index in [4.69, 9.17) is 4.74 Å². The van der Waals surface area contributed by atoms with Crippen LogP contribution >= 0.6 is 31.9 Å². The Labute approximate surface area is 95.1 Å². The first kappa shape index (κ1) is 10.8. The SMILES string of the molecule is C=CCOc1c(Br)cc(C)cc1Br. The predicted molar refractivity (Wildman–Crippen MR) is 62.3 cm³/mol. The Kier molecular flexibility index (Phi) is 4.00. The Balaban J connectivity index is 2.98. The number of hydrogen-bond acceptors (Lipinski definition) is 1. The van der Waals surface area contributed by atoms with E-state index >= 15 is 0 Å². The molecule has 0 spiro atoms. The van der Waals surface area contributed by atoms with Gasteiger partial charge in [-0.25, -0.2) is 0 Å². The molecule has 1 nitrogen and oxygen atoms in total. The molecule has 0 bridgehead atoms. The van der Waals surface area contributed by atoms with Crippen LogP contribution in [0.25, 0.3) is 0 Å². The highest BCUT2D eigenvalue weighted by Crippen LogP contribution is 2.34. The number of hydrogen-bond donors (Lipinski definition) is 0. The summed E-state index contributed by atoms with van der Waals surface area (Å²) in [5, 5.41) is 0. The fourth-order valence-electron chi connectivity index (χ4n) is 0.967. The second kappa shape index (κ2) is 4.82. The molecule has 0 radical (unpaired) electrons. The molecule has 0 heterocycles. The highest BCUT2D eigenvalue weighted by molar-refractivity contribution is 9.11. The van der Waals surface area contributed by atoms with Gasteiger partial charge in [-0.1, -0.05) is 12.7 Å². The Hall–Kier alpha value is -0.280. The lowest BCUT2D eigenvalue weighted by molar-refractivity contribution is 0.358. The zero-order chi connectivity index (χ0) is 9.84. The molecule has 13 heavy (non-hydrogen) atoms. The van der Waals surface area contributed by atoms with E-state index in [0.717, 1.165) is 14.7 Å². The van der Waals surface area contributed by atoms with Crippen LogP contribution in [0.2, 0.25) is 0 Å². The third kappa shape index (κ3) is 2.85. The Morgan fingerprint density at radius 2 is 1.92 bits per heavy atom. The summed E-state index contributed by atoms with van der Waals surface area (Å²) in [6.45, 7) is 6.15. The smallest absolute Gasteiger partial charge is 0.148 e. The first-order valence-corrected chi connectivity index (χ1v) is 5.43. The maximum Gasteiger partial charge on any atom is 0.148 e. The zero-order valence-corrected chi connectivity index (χ0v) is 10.5. The van der Waals surface area contributed by atoms with E-state index in [1.54, 1.807) is 6.08 Å². The van der Waals surface area contributed by atoms with Crippen molar-refractivity contribution in [3.05, 3.63) is 39.3 Å². The lowest BCUT2D eigenvalue weighted by Gasteiger charge is -2.08. The van der Waals surface area contributed by atoms with Crippen molar-refractivity contribution in [2.75, 3.05) is 6.61 Å². The molecule has 1 rings (SSSR count). The molecule has 0 amide bonds. The zero-order valence-electron chi connectivity index (χ0n) is 7.31. The van der Waals surface area contributed by atoms with Crippen molar-refractivity contribution in [3.63, 3.8) is 0 Å². The Bertz CT molecular complexity index is 298. The summed E-state index contributed by atoms with van der Waals surface area (Å²) < 4.78 is 7.38. The first-order chi connectivity index (χ1) is 6.15. The molecule has 0 saturated carbocycles. The largest absolute Gasteiger partial charge is 0.487 e.